The number of rotatable bonds is 5. The van der Waals surface area contributed by atoms with Gasteiger partial charge in [-0.15, -0.1) is 0 Å². The smallest absolute Gasteiger partial charge is 0.158 e. The standard InChI is InChI=1S/C27H25BrClFN2O/c1-19-10-12-32(13-11-19)14-15-33-27-9-3-20(16-24(27)28)2-8-26-25(30)17-22(18-31-26)21-4-6-23(29)7-5-21/h3-7,9,16-19H,10-15H2,1H3. The zero-order valence-electron chi connectivity index (χ0n) is 18.5. The quantitative estimate of drug-likeness (QED) is 0.341. The van der Waals surface area contributed by atoms with E-state index in [4.69, 9.17) is 16.3 Å². The molecule has 6 heteroatoms. The first kappa shape index (κ1) is 23.8. The van der Waals surface area contributed by atoms with Gasteiger partial charge in [0.15, 0.2) is 5.82 Å². The van der Waals surface area contributed by atoms with Gasteiger partial charge in [-0.05, 0) is 95.7 Å². The van der Waals surface area contributed by atoms with E-state index in [1.807, 2.05) is 30.3 Å². The molecule has 0 aliphatic carbocycles. The highest BCUT2D eigenvalue weighted by Crippen LogP contribution is 2.26. The molecule has 0 bridgehead atoms. The van der Waals surface area contributed by atoms with Crippen molar-refractivity contribution in [2.75, 3.05) is 26.2 Å². The van der Waals surface area contributed by atoms with E-state index in [0.29, 0.717) is 17.2 Å². The van der Waals surface area contributed by atoms with E-state index in [0.717, 1.165) is 46.9 Å². The average molecular weight is 528 g/mol. The van der Waals surface area contributed by atoms with E-state index in [-0.39, 0.29) is 5.69 Å². The number of piperidine rings is 1. The molecule has 1 fully saturated rings. The van der Waals surface area contributed by atoms with E-state index in [2.05, 4.69) is 44.6 Å². The van der Waals surface area contributed by atoms with E-state index in [1.54, 1.807) is 18.3 Å². The summed E-state index contributed by atoms with van der Waals surface area (Å²) in [6, 6.07) is 14.3. The van der Waals surface area contributed by atoms with Gasteiger partial charge in [0.1, 0.15) is 18.1 Å². The fourth-order valence-corrected chi connectivity index (χ4v) is 4.35. The maximum absolute atomic E-state index is 14.6. The number of likely N-dealkylation sites (tertiary alicyclic amines) is 1. The van der Waals surface area contributed by atoms with E-state index >= 15 is 0 Å². The Hall–Kier alpha value is -2.39. The van der Waals surface area contributed by atoms with Crippen LogP contribution in [0.4, 0.5) is 4.39 Å². The monoisotopic (exact) mass is 526 g/mol. The lowest BCUT2D eigenvalue weighted by Crippen LogP contribution is -2.35. The van der Waals surface area contributed by atoms with Gasteiger partial charge in [-0.2, -0.15) is 0 Å². The van der Waals surface area contributed by atoms with Gasteiger partial charge in [0.2, 0.25) is 0 Å². The fraction of sp³-hybridized carbons (Fsp3) is 0.296. The molecule has 0 atom stereocenters. The highest BCUT2D eigenvalue weighted by atomic mass is 79.9. The Bertz CT molecular complexity index is 1160. The molecule has 2 aromatic carbocycles. The van der Waals surface area contributed by atoms with Crippen LogP contribution in [0, 0.1) is 23.6 Å². The van der Waals surface area contributed by atoms with Crippen molar-refractivity contribution in [2.24, 2.45) is 5.92 Å². The summed E-state index contributed by atoms with van der Waals surface area (Å²) >= 11 is 9.47. The highest BCUT2D eigenvalue weighted by molar-refractivity contribution is 9.10. The van der Waals surface area contributed by atoms with Crippen molar-refractivity contribution in [1.82, 2.24) is 9.88 Å². The molecule has 0 amide bonds. The molecule has 0 unspecified atom stereocenters. The van der Waals surface area contributed by atoms with Gasteiger partial charge >= 0.3 is 0 Å². The molecular formula is C27H25BrClFN2O. The second-order valence-corrected chi connectivity index (χ2v) is 9.62. The number of pyridine rings is 1. The molecule has 0 radical (unpaired) electrons. The molecule has 3 nitrogen and oxygen atoms in total. The molecule has 3 aromatic rings. The third-order valence-corrected chi connectivity index (χ3v) is 6.69. The van der Waals surface area contributed by atoms with Crippen molar-refractivity contribution in [2.45, 2.75) is 19.8 Å². The second-order valence-electron chi connectivity index (χ2n) is 8.33. The Labute approximate surface area is 208 Å². The van der Waals surface area contributed by atoms with Gasteiger partial charge in [0.05, 0.1) is 4.47 Å². The Morgan fingerprint density at radius 2 is 1.85 bits per heavy atom. The molecule has 0 saturated carbocycles. The summed E-state index contributed by atoms with van der Waals surface area (Å²) < 4.78 is 21.3. The Balaban J connectivity index is 1.37. The van der Waals surface area contributed by atoms with Gasteiger partial charge in [-0.3, -0.25) is 4.90 Å². The number of ether oxygens (including phenoxy) is 1. The Kier molecular flexibility index (Phi) is 8.03. The molecule has 33 heavy (non-hydrogen) atoms. The van der Waals surface area contributed by atoms with E-state index in [1.165, 1.54) is 18.9 Å². The lowest BCUT2D eigenvalue weighted by atomic mass is 9.99. The van der Waals surface area contributed by atoms with Crippen molar-refractivity contribution < 1.29 is 9.13 Å². The zero-order valence-corrected chi connectivity index (χ0v) is 20.8. The summed E-state index contributed by atoms with van der Waals surface area (Å²) in [4.78, 5) is 6.65. The van der Waals surface area contributed by atoms with Crippen molar-refractivity contribution in [3.8, 4) is 28.7 Å². The van der Waals surface area contributed by atoms with Crippen LogP contribution in [-0.4, -0.2) is 36.1 Å². The summed E-state index contributed by atoms with van der Waals surface area (Å²) in [6.07, 6.45) is 4.14. The summed E-state index contributed by atoms with van der Waals surface area (Å²) in [7, 11) is 0. The fourth-order valence-electron chi connectivity index (χ4n) is 3.73. The third-order valence-electron chi connectivity index (χ3n) is 5.82. The number of benzene rings is 2. The molecular weight excluding hydrogens is 503 g/mol. The van der Waals surface area contributed by atoms with Crippen molar-refractivity contribution in [3.05, 3.63) is 81.3 Å². The predicted molar refractivity (Wildman–Crippen MR) is 135 cm³/mol. The molecule has 1 aromatic heterocycles. The molecule has 1 aliphatic rings. The molecule has 1 saturated heterocycles. The normalized spacial score (nSPS) is 14.5. The molecule has 4 rings (SSSR count). The van der Waals surface area contributed by atoms with Gasteiger partial charge < -0.3 is 4.74 Å². The summed E-state index contributed by atoms with van der Waals surface area (Å²) in [5.41, 5.74) is 2.39. The summed E-state index contributed by atoms with van der Waals surface area (Å²) in [5, 5.41) is 0.633. The Morgan fingerprint density at radius 1 is 1.09 bits per heavy atom. The number of nitrogens with zero attached hydrogens (tertiary/aromatic N) is 2. The minimum atomic E-state index is -0.457. The molecule has 0 spiro atoms. The average Bonchev–Trinajstić information content (AvgIpc) is 2.81. The third kappa shape index (κ3) is 6.57. The minimum absolute atomic E-state index is 0.111. The van der Waals surface area contributed by atoms with Crippen LogP contribution in [0.1, 0.15) is 31.0 Å². The minimum Gasteiger partial charge on any atom is -0.491 e. The largest absolute Gasteiger partial charge is 0.491 e. The molecule has 0 N–H and O–H groups in total. The number of halogens is 3. The van der Waals surface area contributed by atoms with Crippen LogP contribution < -0.4 is 4.74 Å². The first-order chi connectivity index (χ1) is 16.0. The SMILES string of the molecule is CC1CCN(CCOc2ccc(C#Cc3ncc(-c4ccc(Cl)cc4)cc3F)cc2Br)CC1. The first-order valence-electron chi connectivity index (χ1n) is 11.1. The number of hydrogen-bond acceptors (Lipinski definition) is 3. The van der Waals surface area contributed by atoms with E-state index < -0.39 is 5.82 Å². The van der Waals surface area contributed by atoms with Crippen LogP contribution >= 0.6 is 27.5 Å². The van der Waals surface area contributed by atoms with Crippen LogP contribution in [0.5, 0.6) is 5.75 Å². The van der Waals surface area contributed by atoms with Gasteiger partial charge in [-0.25, -0.2) is 9.37 Å². The number of aromatic nitrogens is 1. The van der Waals surface area contributed by atoms with Crippen LogP contribution in [0.2, 0.25) is 5.02 Å². The highest BCUT2D eigenvalue weighted by Gasteiger charge is 2.15. The predicted octanol–water partition coefficient (Wildman–Crippen LogP) is 6.81. The lowest BCUT2D eigenvalue weighted by molar-refractivity contribution is 0.160. The van der Waals surface area contributed by atoms with Crippen molar-refractivity contribution in [1.29, 1.82) is 0 Å². The molecule has 170 valence electrons. The van der Waals surface area contributed by atoms with Crippen LogP contribution in [0.15, 0.2) is 59.2 Å². The Morgan fingerprint density at radius 3 is 2.55 bits per heavy atom. The van der Waals surface area contributed by atoms with Gasteiger partial charge in [0, 0.05) is 28.9 Å². The maximum Gasteiger partial charge on any atom is 0.158 e. The summed E-state index contributed by atoms with van der Waals surface area (Å²) in [5.74, 6) is 6.96. The molecule has 2 heterocycles. The van der Waals surface area contributed by atoms with Gasteiger partial charge in [0.25, 0.3) is 0 Å². The van der Waals surface area contributed by atoms with E-state index in [9.17, 15) is 4.39 Å². The van der Waals surface area contributed by atoms with Crippen molar-refractivity contribution in [3.63, 3.8) is 0 Å². The zero-order chi connectivity index (χ0) is 23.2. The van der Waals surface area contributed by atoms with Crippen LogP contribution in [0.3, 0.4) is 0 Å². The maximum atomic E-state index is 14.6. The topological polar surface area (TPSA) is 25.4 Å². The lowest BCUT2D eigenvalue weighted by Gasteiger charge is -2.29. The first-order valence-corrected chi connectivity index (χ1v) is 12.2. The second kappa shape index (κ2) is 11.2. The van der Waals surface area contributed by atoms with Gasteiger partial charge in [-0.1, -0.05) is 36.6 Å². The number of hydrogen-bond donors (Lipinski definition) is 0. The summed E-state index contributed by atoms with van der Waals surface area (Å²) in [6.45, 7) is 6.18. The van der Waals surface area contributed by atoms with Crippen LogP contribution in [0.25, 0.3) is 11.1 Å². The van der Waals surface area contributed by atoms with Crippen LogP contribution in [-0.2, 0) is 0 Å². The molecule has 1 aliphatic heterocycles. The van der Waals surface area contributed by atoms with Crippen molar-refractivity contribution >= 4 is 27.5 Å².